The number of carbonyl (C=O) groups is 1. The van der Waals surface area contributed by atoms with E-state index in [9.17, 15) is 4.79 Å². The summed E-state index contributed by atoms with van der Waals surface area (Å²) < 4.78 is 0. The topological polar surface area (TPSA) is 46.1 Å². The Morgan fingerprint density at radius 3 is 2.58 bits per heavy atom. The van der Waals surface area contributed by atoms with Crippen LogP contribution in [0.25, 0.3) is 0 Å². The number of amides is 1. The first-order valence-electron chi connectivity index (χ1n) is 7.32. The molecule has 0 aromatic carbocycles. The lowest BCUT2D eigenvalue weighted by Gasteiger charge is -2.36. The van der Waals surface area contributed by atoms with E-state index in [4.69, 9.17) is 0 Å². The molecule has 1 saturated heterocycles. The summed E-state index contributed by atoms with van der Waals surface area (Å²) in [6.45, 7) is 3.71. The summed E-state index contributed by atoms with van der Waals surface area (Å²) in [6, 6.07) is 2.01. The molecule has 2 heterocycles. The van der Waals surface area contributed by atoms with Crippen molar-refractivity contribution in [1.82, 2.24) is 14.9 Å². The highest BCUT2D eigenvalue weighted by Gasteiger charge is 2.32. The molecule has 0 atom stereocenters. The van der Waals surface area contributed by atoms with Gasteiger partial charge in [-0.1, -0.05) is 6.42 Å². The number of aryl methyl sites for hydroxylation is 1. The quantitative estimate of drug-likeness (QED) is 0.818. The number of carbonyl (C=O) groups excluding carboxylic acids is 1. The van der Waals surface area contributed by atoms with E-state index in [0.29, 0.717) is 17.7 Å². The van der Waals surface area contributed by atoms with Gasteiger partial charge in [-0.2, -0.15) is 0 Å². The van der Waals surface area contributed by atoms with Gasteiger partial charge in [-0.3, -0.25) is 4.79 Å². The minimum atomic E-state index is 0.331. The van der Waals surface area contributed by atoms with Crippen LogP contribution in [0.3, 0.4) is 0 Å². The maximum absolute atomic E-state index is 12.2. The van der Waals surface area contributed by atoms with E-state index in [1.165, 1.54) is 6.42 Å². The molecule has 102 valence electrons. The normalized spacial score (nSPS) is 21.2. The SMILES string of the molecule is Cc1nccc(C2CCN(C(=O)C3CCC3)CC2)n1. The number of piperidine rings is 1. The number of hydrogen-bond acceptors (Lipinski definition) is 3. The minimum absolute atomic E-state index is 0.331. The Bertz CT molecular complexity index is 462. The van der Waals surface area contributed by atoms with Gasteiger partial charge in [-0.15, -0.1) is 0 Å². The van der Waals surface area contributed by atoms with Crippen LogP contribution < -0.4 is 0 Å². The van der Waals surface area contributed by atoms with E-state index in [0.717, 1.165) is 50.3 Å². The zero-order valence-electron chi connectivity index (χ0n) is 11.5. The standard InChI is InChI=1S/C15H21N3O/c1-11-16-8-5-14(17-11)12-6-9-18(10-7-12)15(19)13-3-2-4-13/h5,8,12-13H,2-4,6-7,9-10H2,1H3. The monoisotopic (exact) mass is 259 g/mol. The van der Waals surface area contributed by atoms with Crippen LogP contribution in [0, 0.1) is 12.8 Å². The Morgan fingerprint density at radius 1 is 1.26 bits per heavy atom. The second-order valence-electron chi connectivity index (χ2n) is 5.76. The van der Waals surface area contributed by atoms with Gasteiger partial charge >= 0.3 is 0 Å². The van der Waals surface area contributed by atoms with Crippen molar-refractivity contribution >= 4 is 5.91 Å². The van der Waals surface area contributed by atoms with Crippen molar-refractivity contribution in [2.24, 2.45) is 5.92 Å². The molecular formula is C15H21N3O. The predicted octanol–water partition coefficient (Wildman–Crippen LogP) is 2.29. The van der Waals surface area contributed by atoms with Gasteiger partial charge in [0.15, 0.2) is 0 Å². The molecule has 1 aromatic rings. The first kappa shape index (κ1) is 12.6. The molecule has 3 rings (SSSR count). The summed E-state index contributed by atoms with van der Waals surface area (Å²) in [5, 5.41) is 0. The van der Waals surface area contributed by atoms with Crippen molar-refractivity contribution in [3.63, 3.8) is 0 Å². The Kier molecular flexibility index (Phi) is 3.49. The average Bonchev–Trinajstić information content (AvgIpc) is 2.37. The first-order chi connectivity index (χ1) is 9.24. The van der Waals surface area contributed by atoms with Crippen LogP contribution in [-0.4, -0.2) is 33.9 Å². The summed E-state index contributed by atoms with van der Waals surface area (Å²) in [5.41, 5.74) is 1.14. The number of hydrogen-bond donors (Lipinski definition) is 0. The molecule has 1 saturated carbocycles. The van der Waals surface area contributed by atoms with Crippen LogP contribution in [0.5, 0.6) is 0 Å². The molecule has 2 fully saturated rings. The fourth-order valence-electron chi connectivity index (χ4n) is 3.01. The highest BCUT2D eigenvalue weighted by Crippen LogP contribution is 2.32. The summed E-state index contributed by atoms with van der Waals surface area (Å²) in [4.78, 5) is 22.9. The number of aromatic nitrogens is 2. The molecule has 1 aliphatic heterocycles. The molecule has 0 N–H and O–H groups in total. The van der Waals surface area contributed by atoms with E-state index < -0.39 is 0 Å². The van der Waals surface area contributed by atoms with Crippen molar-refractivity contribution in [2.45, 2.75) is 44.9 Å². The van der Waals surface area contributed by atoms with Crippen molar-refractivity contribution < 1.29 is 4.79 Å². The summed E-state index contributed by atoms with van der Waals surface area (Å²) in [6.07, 6.45) is 7.34. The highest BCUT2D eigenvalue weighted by molar-refractivity contribution is 5.79. The van der Waals surface area contributed by atoms with Crippen LogP contribution in [0.4, 0.5) is 0 Å². The van der Waals surface area contributed by atoms with Crippen LogP contribution in [-0.2, 0) is 4.79 Å². The van der Waals surface area contributed by atoms with Crippen LogP contribution in [0.15, 0.2) is 12.3 Å². The van der Waals surface area contributed by atoms with Crippen LogP contribution >= 0.6 is 0 Å². The second-order valence-corrected chi connectivity index (χ2v) is 5.76. The largest absolute Gasteiger partial charge is 0.342 e. The van der Waals surface area contributed by atoms with Gasteiger partial charge in [-0.25, -0.2) is 9.97 Å². The molecule has 1 aromatic heterocycles. The number of rotatable bonds is 2. The lowest BCUT2D eigenvalue weighted by atomic mass is 9.83. The van der Waals surface area contributed by atoms with Crippen molar-refractivity contribution in [3.05, 3.63) is 23.8 Å². The van der Waals surface area contributed by atoms with Gasteiger partial charge in [0, 0.05) is 36.8 Å². The summed E-state index contributed by atoms with van der Waals surface area (Å²) in [5.74, 6) is 2.05. The van der Waals surface area contributed by atoms with Gasteiger partial charge in [0.2, 0.25) is 5.91 Å². The molecule has 4 nitrogen and oxygen atoms in total. The molecule has 0 radical (unpaired) electrons. The fraction of sp³-hybridized carbons (Fsp3) is 0.667. The van der Waals surface area contributed by atoms with Crippen LogP contribution in [0.1, 0.15) is 49.5 Å². The van der Waals surface area contributed by atoms with E-state index in [1.54, 1.807) is 0 Å². The van der Waals surface area contributed by atoms with E-state index in [-0.39, 0.29) is 0 Å². The number of likely N-dealkylation sites (tertiary alicyclic amines) is 1. The smallest absolute Gasteiger partial charge is 0.225 e. The zero-order valence-corrected chi connectivity index (χ0v) is 11.5. The third-order valence-electron chi connectivity index (χ3n) is 4.48. The van der Waals surface area contributed by atoms with Gasteiger partial charge in [0.25, 0.3) is 0 Å². The Hall–Kier alpha value is -1.45. The summed E-state index contributed by atoms with van der Waals surface area (Å²) in [7, 11) is 0. The molecule has 0 unspecified atom stereocenters. The average molecular weight is 259 g/mol. The molecule has 1 amide bonds. The second kappa shape index (κ2) is 5.27. The van der Waals surface area contributed by atoms with E-state index in [1.807, 2.05) is 19.2 Å². The van der Waals surface area contributed by atoms with Gasteiger partial charge < -0.3 is 4.90 Å². The molecule has 2 aliphatic rings. The first-order valence-corrected chi connectivity index (χ1v) is 7.32. The molecule has 0 bridgehead atoms. The summed E-state index contributed by atoms with van der Waals surface area (Å²) >= 11 is 0. The predicted molar refractivity (Wildman–Crippen MR) is 72.7 cm³/mol. The van der Waals surface area contributed by atoms with E-state index in [2.05, 4.69) is 14.9 Å². The number of nitrogens with zero attached hydrogens (tertiary/aromatic N) is 3. The molecule has 0 spiro atoms. The highest BCUT2D eigenvalue weighted by atomic mass is 16.2. The van der Waals surface area contributed by atoms with Gasteiger partial charge in [0.1, 0.15) is 5.82 Å². The Labute approximate surface area is 114 Å². The van der Waals surface area contributed by atoms with Crippen LogP contribution in [0.2, 0.25) is 0 Å². The Balaban J connectivity index is 1.58. The maximum atomic E-state index is 12.2. The fourth-order valence-corrected chi connectivity index (χ4v) is 3.01. The lowest BCUT2D eigenvalue weighted by molar-refractivity contribution is -0.139. The van der Waals surface area contributed by atoms with Crippen molar-refractivity contribution in [3.8, 4) is 0 Å². The third kappa shape index (κ3) is 2.62. The molecule has 4 heteroatoms. The van der Waals surface area contributed by atoms with Crippen molar-refractivity contribution in [1.29, 1.82) is 0 Å². The Morgan fingerprint density at radius 2 is 2.00 bits per heavy atom. The van der Waals surface area contributed by atoms with Crippen molar-refractivity contribution in [2.75, 3.05) is 13.1 Å². The lowest BCUT2D eigenvalue weighted by Crippen LogP contribution is -2.43. The van der Waals surface area contributed by atoms with E-state index >= 15 is 0 Å². The van der Waals surface area contributed by atoms with Gasteiger partial charge in [0.05, 0.1) is 0 Å². The van der Waals surface area contributed by atoms with Gasteiger partial charge in [-0.05, 0) is 38.7 Å². The third-order valence-corrected chi connectivity index (χ3v) is 4.48. The molecule has 19 heavy (non-hydrogen) atoms. The molecule has 1 aliphatic carbocycles. The minimum Gasteiger partial charge on any atom is -0.342 e. The zero-order chi connectivity index (χ0) is 13.2. The maximum Gasteiger partial charge on any atom is 0.225 e. The molecular weight excluding hydrogens is 238 g/mol.